The zero-order valence-electron chi connectivity index (χ0n) is 14.8. The van der Waals surface area contributed by atoms with Crippen LogP contribution in [-0.2, 0) is 19.0 Å². The lowest BCUT2D eigenvalue weighted by Gasteiger charge is -2.34. The van der Waals surface area contributed by atoms with Crippen LogP contribution >= 0.6 is 0 Å². The lowest BCUT2D eigenvalue weighted by Crippen LogP contribution is -2.42. The van der Waals surface area contributed by atoms with Crippen molar-refractivity contribution in [3.05, 3.63) is 0 Å². The number of ether oxygens (including phenoxy) is 1. The molecule has 0 unspecified atom stereocenters. The van der Waals surface area contributed by atoms with Crippen LogP contribution in [0, 0.1) is 11.3 Å². The SMILES string of the molecule is C[C@H](C[C@H]1CC12CCN(C(=O)OC(C)(C)C)CC2)OS(C)(=O)=O. The van der Waals surface area contributed by atoms with Gasteiger partial charge in [-0.25, -0.2) is 4.79 Å². The number of hydrogen-bond acceptors (Lipinski definition) is 5. The van der Waals surface area contributed by atoms with Gasteiger partial charge in [0, 0.05) is 13.1 Å². The molecular weight excluding hydrogens is 318 g/mol. The van der Waals surface area contributed by atoms with Crippen molar-refractivity contribution in [2.45, 2.75) is 65.1 Å². The Balaban J connectivity index is 1.78. The highest BCUT2D eigenvalue weighted by atomic mass is 32.2. The van der Waals surface area contributed by atoms with Crippen LogP contribution in [0.3, 0.4) is 0 Å². The van der Waals surface area contributed by atoms with Gasteiger partial charge < -0.3 is 9.64 Å². The summed E-state index contributed by atoms with van der Waals surface area (Å²) in [4.78, 5) is 13.9. The molecule has 0 aromatic heterocycles. The second-order valence-electron chi connectivity index (χ2n) is 8.08. The molecule has 1 saturated heterocycles. The summed E-state index contributed by atoms with van der Waals surface area (Å²) in [6, 6.07) is 0. The fourth-order valence-corrected chi connectivity index (χ4v) is 4.25. The van der Waals surface area contributed by atoms with Gasteiger partial charge in [-0.1, -0.05) is 0 Å². The van der Waals surface area contributed by atoms with Crippen molar-refractivity contribution in [2.24, 2.45) is 11.3 Å². The summed E-state index contributed by atoms with van der Waals surface area (Å²) in [6.45, 7) is 8.85. The predicted molar refractivity (Wildman–Crippen MR) is 87.6 cm³/mol. The summed E-state index contributed by atoms with van der Waals surface area (Å²) >= 11 is 0. The van der Waals surface area contributed by atoms with Crippen molar-refractivity contribution in [1.29, 1.82) is 0 Å². The molecule has 6 nitrogen and oxygen atoms in total. The highest BCUT2D eigenvalue weighted by Crippen LogP contribution is 2.61. The van der Waals surface area contributed by atoms with Gasteiger partial charge in [-0.3, -0.25) is 4.18 Å². The van der Waals surface area contributed by atoms with E-state index in [-0.39, 0.29) is 17.6 Å². The number of nitrogens with zero attached hydrogens (tertiary/aromatic N) is 1. The van der Waals surface area contributed by atoms with Gasteiger partial charge in [0.05, 0.1) is 12.4 Å². The Labute approximate surface area is 139 Å². The van der Waals surface area contributed by atoms with Crippen LogP contribution in [0.15, 0.2) is 0 Å². The fourth-order valence-electron chi connectivity index (χ4n) is 3.58. The Bertz CT molecular complexity index is 543. The highest BCUT2D eigenvalue weighted by molar-refractivity contribution is 7.86. The smallest absolute Gasteiger partial charge is 0.410 e. The molecule has 0 aromatic carbocycles. The van der Waals surface area contributed by atoms with E-state index in [1.165, 1.54) is 0 Å². The molecule has 2 rings (SSSR count). The van der Waals surface area contributed by atoms with Crippen molar-refractivity contribution in [3.63, 3.8) is 0 Å². The van der Waals surface area contributed by atoms with E-state index >= 15 is 0 Å². The summed E-state index contributed by atoms with van der Waals surface area (Å²) < 4.78 is 32.8. The van der Waals surface area contributed by atoms with E-state index in [4.69, 9.17) is 8.92 Å². The molecule has 1 amide bonds. The molecule has 1 saturated carbocycles. The molecule has 1 heterocycles. The van der Waals surface area contributed by atoms with Gasteiger partial charge in [-0.05, 0) is 64.7 Å². The molecule has 7 heteroatoms. The molecule has 1 spiro atoms. The minimum atomic E-state index is -3.39. The van der Waals surface area contributed by atoms with Crippen molar-refractivity contribution < 1.29 is 22.1 Å². The van der Waals surface area contributed by atoms with Crippen LogP contribution in [0.4, 0.5) is 4.79 Å². The van der Waals surface area contributed by atoms with Gasteiger partial charge in [0.2, 0.25) is 0 Å². The maximum Gasteiger partial charge on any atom is 0.410 e. The first kappa shape index (κ1) is 18.5. The number of amides is 1. The number of piperidine rings is 1. The van der Waals surface area contributed by atoms with Crippen LogP contribution in [0.25, 0.3) is 0 Å². The quantitative estimate of drug-likeness (QED) is 0.731. The number of likely N-dealkylation sites (tertiary alicyclic amines) is 1. The molecule has 0 N–H and O–H groups in total. The van der Waals surface area contributed by atoms with Crippen LogP contribution in [0.2, 0.25) is 0 Å². The summed E-state index contributed by atoms with van der Waals surface area (Å²) in [7, 11) is -3.39. The Morgan fingerprint density at radius 3 is 2.35 bits per heavy atom. The maximum atomic E-state index is 12.1. The Morgan fingerprint density at radius 1 is 1.30 bits per heavy atom. The molecule has 1 aliphatic heterocycles. The average molecular weight is 347 g/mol. The third-order valence-corrected chi connectivity index (χ3v) is 5.40. The second-order valence-corrected chi connectivity index (χ2v) is 9.68. The highest BCUT2D eigenvalue weighted by Gasteiger charge is 2.55. The molecule has 2 atom stereocenters. The fraction of sp³-hybridized carbons (Fsp3) is 0.938. The Morgan fingerprint density at radius 2 is 1.87 bits per heavy atom. The summed E-state index contributed by atoms with van der Waals surface area (Å²) in [6.07, 6.45) is 4.36. The first-order chi connectivity index (χ1) is 10.4. The topological polar surface area (TPSA) is 72.9 Å². The molecule has 1 aliphatic carbocycles. The van der Waals surface area contributed by atoms with Gasteiger partial charge in [0.1, 0.15) is 5.60 Å². The van der Waals surface area contributed by atoms with Gasteiger partial charge in [-0.15, -0.1) is 0 Å². The summed E-state index contributed by atoms with van der Waals surface area (Å²) in [5.74, 6) is 0.500. The lowest BCUT2D eigenvalue weighted by molar-refractivity contribution is 0.0161. The number of carbonyl (C=O) groups excluding carboxylic acids is 1. The van der Waals surface area contributed by atoms with Crippen LogP contribution in [-0.4, -0.2) is 50.5 Å². The van der Waals surface area contributed by atoms with Gasteiger partial charge in [-0.2, -0.15) is 8.42 Å². The monoisotopic (exact) mass is 347 g/mol. The standard InChI is InChI=1S/C16H29NO5S/c1-12(22-23(5,19)20)10-13-11-16(13)6-8-17(9-7-16)14(18)21-15(2,3)4/h12-13H,6-11H2,1-5H3/t12-,13+/m1/s1. The number of rotatable bonds is 4. The van der Waals surface area contributed by atoms with Gasteiger partial charge in [0.25, 0.3) is 10.1 Å². The van der Waals surface area contributed by atoms with E-state index in [0.717, 1.165) is 31.9 Å². The molecule has 0 aromatic rings. The van der Waals surface area contributed by atoms with Crippen LogP contribution in [0.1, 0.15) is 53.4 Å². The predicted octanol–water partition coefficient (Wildman–Crippen LogP) is 2.78. The summed E-state index contributed by atoms with van der Waals surface area (Å²) in [5.41, 5.74) is -0.194. The van der Waals surface area contributed by atoms with Crippen molar-refractivity contribution in [3.8, 4) is 0 Å². The molecule has 0 radical (unpaired) electrons. The molecule has 134 valence electrons. The molecule has 23 heavy (non-hydrogen) atoms. The van der Waals surface area contributed by atoms with Gasteiger partial charge in [0.15, 0.2) is 0 Å². The Hall–Kier alpha value is -0.820. The number of carbonyl (C=O) groups is 1. The van der Waals surface area contributed by atoms with Crippen LogP contribution < -0.4 is 0 Å². The third kappa shape index (κ3) is 5.35. The van der Waals surface area contributed by atoms with Crippen molar-refractivity contribution >= 4 is 16.2 Å². The van der Waals surface area contributed by atoms with E-state index in [0.29, 0.717) is 19.0 Å². The molecular formula is C16H29NO5S. The van der Waals surface area contributed by atoms with Crippen molar-refractivity contribution in [1.82, 2.24) is 4.90 Å². The minimum absolute atomic E-state index is 0.238. The molecule has 0 bridgehead atoms. The van der Waals surface area contributed by atoms with E-state index in [9.17, 15) is 13.2 Å². The van der Waals surface area contributed by atoms with E-state index in [1.807, 2.05) is 27.7 Å². The molecule has 2 fully saturated rings. The zero-order valence-corrected chi connectivity index (χ0v) is 15.6. The summed E-state index contributed by atoms with van der Waals surface area (Å²) in [5, 5.41) is 0. The van der Waals surface area contributed by atoms with Gasteiger partial charge >= 0.3 is 6.09 Å². The van der Waals surface area contributed by atoms with E-state index in [1.54, 1.807) is 4.90 Å². The Kier molecular flexibility index (Phi) is 5.02. The number of hydrogen-bond donors (Lipinski definition) is 0. The van der Waals surface area contributed by atoms with E-state index in [2.05, 4.69) is 0 Å². The minimum Gasteiger partial charge on any atom is -0.444 e. The zero-order chi connectivity index (χ0) is 17.5. The third-order valence-electron chi connectivity index (χ3n) is 4.73. The average Bonchev–Trinajstić information content (AvgIpc) is 2.97. The lowest BCUT2D eigenvalue weighted by atomic mass is 9.89. The first-order valence-corrected chi connectivity index (χ1v) is 10.1. The van der Waals surface area contributed by atoms with Crippen molar-refractivity contribution in [2.75, 3.05) is 19.3 Å². The van der Waals surface area contributed by atoms with Crippen LogP contribution in [0.5, 0.6) is 0 Å². The van der Waals surface area contributed by atoms with E-state index < -0.39 is 15.7 Å². The second kappa shape index (κ2) is 6.24. The molecule has 2 aliphatic rings. The largest absolute Gasteiger partial charge is 0.444 e. The maximum absolute atomic E-state index is 12.1. The normalized spacial score (nSPS) is 25.3. The first-order valence-electron chi connectivity index (χ1n) is 8.26.